The van der Waals surface area contributed by atoms with Gasteiger partial charge in [0, 0.05) is 46.2 Å². The molecule has 2 atom stereocenters. The molecule has 1 aromatic carbocycles. The first-order chi connectivity index (χ1) is 9.66. The fraction of sp³-hybridized carbons (Fsp3) is 0.562. The lowest BCUT2D eigenvalue weighted by atomic mass is 9.77. The van der Waals surface area contributed by atoms with Crippen LogP contribution in [0.5, 0.6) is 0 Å². The Morgan fingerprint density at radius 2 is 2.20 bits per heavy atom. The molecule has 2 unspecified atom stereocenters. The number of amides is 1. The van der Waals surface area contributed by atoms with Gasteiger partial charge in [-0.2, -0.15) is 0 Å². The van der Waals surface area contributed by atoms with E-state index in [1.54, 1.807) is 4.90 Å². The van der Waals surface area contributed by atoms with E-state index in [1.165, 1.54) is 11.1 Å². The summed E-state index contributed by atoms with van der Waals surface area (Å²) in [4.78, 5) is 16.4. The summed E-state index contributed by atoms with van der Waals surface area (Å²) in [6.45, 7) is 3.71. The minimum atomic E-state index is -0.00786. The molecule has 0 saturated carbocycles. The van der Waals surface area contributed by atoms with Crippen LogP contribution in [0.2, 0.25) is 0 Å². The lowest BCUT2D eigenvalue weighted by molar-refractivity contribution is -0.135. The Morgan fingerprint density at radius 1 is 1.40 bits per heavy atom. The standard InChI is InChI=1S/C16H23N3O/c1-18(2)16(20)15-10-17-7-8-19(15)11-13-9-12-5-3-4-6-14(12)13/h3-6,13,15,17H,7-11H2,1-2H3. The molecule has 108 valence electrons. The summed E-state index contributed by atoms with van der Waals surface area (Å²) in [7, 11) is 3.68. The average molecular weight is 273 g/mol. The third kappa shape index (κ3) is 2.45. The minimum Gasteiger partial charge on any atom is -0.347 e. The van der Waals surface area contributed by atoms with Gasteiger partial charge in [-0.15, -0.1) is 0 Å². The van der Waals surface area contributed by atoms with Crippen molar-refractivity contribution in [3.8, 4) is 0 Å². The zero-order valence-electron chi connectivity index (χ0n) is 12.3. The van der Waals surface area contributed by atoms with Crippen molar-refractivity contribution in [3.05, 3.63) is 35.4 Å². The van der Waals surface area contributed by atoms with Crippen LogP contribution in [0.25, 0.3) is 0 Å². The molecule has 1 saturated heterocycles. The number of benzene rings is 1. The Balaban J connectivity index is 1.68. The van der Waals surface area contributed by atoms with Crippen LogP contribution in [0.15, 0.2) is 24.3 Å². The Hall–Kier alpha value is -1.39. The smallest absolute Gasteiger partial charge is 0.240 e. The van der Waals surface area contributed by atoms with Crippen LogP contribution < -0.4 is 5.32 Å². The summed E-state index contributed by atoms with van der Waals surface area (Å²) in [6.07, 6.45) is 1.16. The van der Waals surface area contributed by atoms with Gasteiger partial charge in [0.15, 0.2) is 0 Å². The number of hydrogen-bond acceptors (Lipinski definition) is 3. The van der Waals surface area contributed by atoms with Crippen LogP contribution >= 0.6 is 0 Å². The molecule has 3 rings (SSSR count). The molecule has 1 aliphatic carbocycles. The second-order valence-electron chi connectivity index (χ2n) is 6.05. The van der Waals surface area contributed by atoms with Crippen molar-refractivity contribution in [1.29, 1.82) is 0 Å². The molecule has 1 heterocycles. The van der Waals surface area contributed by atoms with E-state index in [-0.39, 0.29) is 11.9 Å². The summed E-state index contributed by atoms with van der Waals surface area (Å²) < 4.78 is 0. The number of likely N-dealkylation sites (N-methyl/N-ethyl adjacent to an activating group) is 1. The van der Waals surface area contributed by atoms with Gasteiger partial charge in [0.25, 0.3) is 0 Å². The molecule has 0 bridgehead atoms. The third-order valence-corrected chi connectivity index (χ3v) is 4.50. The number of piperazine rings is 1. The van der Waals surface area contributed by atoms with E-state index < -0.39 is 0 Å². The molecular formula is C16H23N3O. The molecule has 0 radical (unpaired) electrons. The normalized spacial score (nSPS) is 25.7. The second kappa shape index (κ2) is 5.54. The molecule has 1 fully saturated rings. The van der Waals surface area contributed by atoms with Crippen molar-refractivity contribution in [2.75, 3.05) is 40.3 Å². The highest BCUT2D eigenvalue weighted by molar-refractivity contribution is 5.81. The van der Waals surface area contributed by atoms with Crippen molar-refractivity contribution >= 4 is 5.91 Å². The summed E-state index contributed by atoms with van der Waals surface area (Å²) >= 11 is 0. The second-order valence-corrected chi connectivity index (χ2v) is 6.05. The topological polar surface area (TPSA) is 35.6 Å². The van der Waals surface area contributed by atoms with Crippen molar-refractivity contribution in [2.24, 2.45) is 0 Å². The van der Waals surface area contributed by atoms with Gasteiger partial charge in [0.1, 0.15) is 6.04 Å². The molecule has 2 aliphatic rings. The first kappa shape index (κ1) is 13.6. The molecule has 20 heavy (non-hydrogen) atoms. The monoisotopic (exact) mass is 273 g/mol. The Morgan fingerprint density at radius 3 is 2.95 bits per heavy atom. The Bertz CT molecular complexity index is 500. The van der Waals surface area contributed by atoms with Crippen LogP contribution in [0.1, 0.15) is 17.0 Å². The van der Waals surface area contributed by atoms with Gasteiger partial charge < -0.3 is 10.2 Å². The maximum absolute atomic E-state index is 12.3. The third-order valence-electron chi connectivity index (χ3n) is 4.50. The largest absolute Gasteiger partial charge is 0.347 e. The number of nitrogens with zero attached hydrogens (tertiary/aromatic N) is 2. The van der Waals surface area contributed by atoms with E-state index in [1.807, 2.05) is 14.1 Å². The molecule has 1 aliphatic heterocycles. The molecular weight excluding hydrogens is 250 g/mol. The number of carbonyl (C=O) groups is 1. The first-order valence-corrected chi connectivity index (χ1v) is 7.40. The number of nitrogens with one attached hydrogen (secondary N) is 1. The van der Waals surface area contributed by atoms with Gasteiger partial charge in [-0.25, -0.2) is 0 Å². The van der Waals surface area contributed by atoms with Crippen molar-refractivity contribution in [1.82, 2.24) is 15.1 Å². The summed E-state index contributed by atoms with van der Waals surface area (Å²) in [5.41, 5.74) is 2.95. The van der Waals surface area contributed by atoms with E-state index in [0.29, 0.717) is 5.92 Å². The molecule has 1 aromatic rings. The quantitative estimate of drug-likeness (QED) is 0.880. The number of carbonyl (C=O) groups excluding carboxylic acids is 1. The van der Waals surface area contributed by atoms with Crippen LogP contribution in [0.4, 0.5) is 0 Å². The lowest BCUT2D eigenvalue weighted by Crippen LogP contribution is -2.58. The van der Waals surface area contributed by atoms with E-state index in [9.17, 15) is 4.79 Å². The lowest BCUT2D eigenvalue weighted by Gasteiger charge is -2.41. The highest BCUT2D eigenvalue weighted by atomic mass is 16.2. The summed E-state index contributed by atoms with van der Waals surface area (Å²) in [6, 6.07) is 8.66. The SMILES string of the molecule is CN(C)C(=O)C1CNCCN1CC1Cc2ccccc21. The van der Waals surface area contributed by atoms with Gasteiger partial charge >= 0.3 is 0 Å². The molecule has 4 heteroatoms. The van der Waals surface area contributed by atoms with Gasteiger partial charge in [-0.1, -0.05) is 24.3 Å². The zero-order valence-corrected chi connectivity index (χ0v) is 12.3. The predicted molar refractivity (Wildman–Crippen MR) is 79.8 cm³/mol. The molecule has 0 aromatic heterocycles. The predicted octanol–water partition coefficient (Wildman–Crippen LogP) is 0.688. The maximum Gasteiger partial charge on any atom is 0.240 e. The van der Waals surface area contributed by atoms with Gasteiger partial charge in [-0.05, 0) is 17.5 Å². The van der Waals surface area contributed by atoms with E-state index >= 15 is 0 Å². The van der Waals surface area contributed by atoms with Gasteiger partial charge in [0.2, 0.25) is 5.91 Å². The molecule has 1 N–H and O–H groups in total. The number of fused-ring (bicyclic) bond motifs is 1. The molecule has 4 nitrogen and oxygen atoms in total. The number of rotatable bonds is 3. The summed E-state index contributed by atoms with van der Waals surface area (Å²) in [5, 5.41) is 3.34. The zero-order chi connectivity index (χ0) is 14.1. The average Bonchev–Trinajstić information content (AvgIpc) is 2.44. The van der Waals surface area contributed by atoms with Crippen LogP contribution in [-0.4, -0.2) is 62.0 Å². The van der Waals surface area contributed by atoms with Crippen molar-refractivity contribution in [2.45, 2.75) is 18.4 Å². The highest BCUT2D eigenvalue weighted by Gasteiger charge is 2.34. The fourth-order valence-corrected chi connectivity index (χ4v) is 3.32. The number of hydrogen-bond donors (Lipinski definition) is 1. The van der Waals surface area contributed by atoms with Crippen LogP contribution in [0, 0.1) is 0 Å². The van der Waals surface area contributed by atoms with E-state index in [4.69, 9.17) is 0 Å². The summed E-state index contributed by atoms with van der Waals surface area (Å²) in [5.74, 6) is 0.812. The highest BCUT2D eigenvalue weighted by Crippen LogP contribution is 2.35. The Labute approximate surface area is 120 Å². The minimum absolute atomic E-state index is 0.00786. The molecule has 1 amide bonds. The van der Waals surface area contributed by atoms with Gasteiger partial charge in [-0.3, -0.25) is 9.69 Å². The fourth-order valence-electron chi connectivity index (χ4n) is 3.32. The van der Waals surface area contributed by atoms with Crippen molar-refractivity contribution < 1.29 is 4.79 Å². The van der Waals surface area contributed by atoms with Gasteiger partial charge in [0.05, 0.1) is 0 Å². The van der Waals surface area contributed by atoms with E-state index in [0.717, 1.165) is 32.6 Å². The van der Waals surface area contributed by atoms with Crippen molar-refractivity contribution in [3.63, 3.8) is 0 Å². The van der Waals surface area contributed by atoms with Crippen LogP contribution in [0.3, 0.4) is 0 Å². The molecule has 0 spiro atoms. The van der Waals surface area contributed by atoms with Crippen LogP contribution in [-0.2, 0) is 11.2 Å². The Kier molecular flexibility index (Phi) is 3.76. The van der Waals surface area contributed by atoms with E-state index in [2.05, 4.69) is 34.5 Å². The first-order valence-electron chi connectivity index (χ1n) is 7.40. The maximum atomic E-state index is 12.3.